The third-order valence-corrected chi connectivity index (χ3v) is 6.11. The van der Waals surface area contributed by atoms with Crippen molar-refractivity contribution in [3.05, 3.63) is 35.9 Å². The lowest BCUT2D eigenvalue weighted by Gasteiger charge is -2.31. The minimum atomic E-state index is -1.41. The number of benzene rings is 1. The molecule has 0 saturated carbocycles. The molecule has 0 bridgehead atoms. The van der Waals surface area contributed by atoms with E-state index in [9.17, 15) is 29.1 Å². The summed E-state index contributed by atoms with van der Waals surface area (Å²) in [5.41, 5.74) is 0.0747. The number of hydrogen-bond acceptors (Lipinski definition) is 6. The maximum absolute atomic E-state index is 13.3. The maximum atomic E-state index is 13.3. The monoisotopic (exact) mass is 532 g/mol. The summed E-state index contributed by atoms with van der Waals surface area (Å²) in [5.74, 6) is -3.08. The Labute approximate surface area is 223 Å². The third-order valence-electron chi connectivity index (χ3n) is 6.11. The molecule has 4 atom stereocenters. The molecular weight excluding hydrogens is 492 g/mol. The van der Waals surface area contributed by atoms with Crippen molar-refractivity contribution >= 4 is 29.8 Å². The average molecular weight is 533 g/mol. The van der Waals surface area contributed by atoms with Gasteiger partial charge in [0, 0.05) is 6.54 Å². The topological polar surface area (TPSA) is 154 Å². The van der Waals surface area contributed by atoms with Crippen LogP contribution in [0.2, 0.25) is 0 Å². The fourth-order valence-electron chi connectivity index (χ4n) is 4.24. The first-order chi connectivity index (χ1) is 17.7. The Morgan fingerprint density at radius 1 is 1.03 bits per heavy atom. The quantitative estimate of drug-likeness (QED) is 0.361. The Morgan fingerprint density at radius 3 is 2.21 bits per heavy atom. The summed E-state index contributed by atoms with van der Waals surface area (Å²) in [5, 5.41) is 17.3. The number of carboxylic acid groups (broad SMARTS) is 1. The molecule has 0 aliphatic carbocycles. The lowest BCUT2D eigenvalue weighted by Crippen LogP contribution is -2.57. The fraction of sp³-hybridized carbons (Fsp3) is 0.593. The summed E-state index contributed by atoms with van der Waals surface area (Å²) >= 11 is 0. The van der Waals surface area contributed by atoms with Gasteiger partial charge in [0.1, 0.15) is 23.7 Å². The van der Waals surface area contributed by atoms with Gasteiger partial charge in [-0.05, 0) is 52.0 Å². The van der Waals surface area contributed by atoms with Gasteiger partial charge in [0.05, 0.1) is 12.5 Å². The van der Waals surface area contributed by atoms with Crippen molar-refractivity contribution in [3.8, 4) is 0 Å². The van der Waals surface area contributed by atoms with Crippen LogP contribution in [0.5, 0.6) is 0 Å². The van der Waals surface area contributed by atoms with Gasteiger partial charge in [-0.2, -0.15) is 0 Å². The molecule has 210 valence electrons. The number of carbonyl (C=O) groups is 5. The highest BCUT2D eigenvalue weighted by Gasteiger charge is 2.40. The van der Waals surface area contributed by atoms with E-state index in [0.29, 0.717) is 12.8 Å². The number of nitrogens with one attached hydrogen (secondary N) is 3. The van der Waals surface area contributed by atoms with Gasteiger partial charge in [0.2, 0.25) is 17.7 Å². The van der Waals surface area contributed by atoms with Gasteiger partial charge in [0.25, 0.3) is 0 Å². The molecule has 1 aromatic rings. The number of rotatable bonds is 10. The van der Waals surface area contributed by atoms with E-state index >= 15 is 0 Å². The second-order valence-corrected chi connectivity index (χ2v) is 10.9. The van der Waals surface area contributed by atoms with E-state index < -0.39 is 54.0 Å². The highest BCUT2D eigenvalue weighted by molar-refractivity contribution is 5.95. The number of alkyl carbamates (subject to hydrolysis) is 1. The van der Waals surface area contributed by atoms with Crippen molar-refractivity contribution in [3.63, 3.8) is 0 Å². The molecule has 11 heteroatoms. The van der Waals surface area contributed by atoms with Crippen LogP contribution in [0.3, 0.4) is 0 Å². The first-order valence-corrected chi connectivity index (χ1v) is 12.9. The molecule has 0 spiro atoms. The van der Waals surface area contributed by atoms with Crippen LogP contribution >= 0.6 is 0 Å². The zero-order chi connectivity index (χ0) is 28.6. The van der Waals surface area contributed by atoms with Gasteiger partial charge in [-0.15, -0.1) is 0 Å². The van der Waals surface area contributed by atoms with Gasteiger partial charge in [-0.3, -0.25) is 19.2 Å². The van der Waals surface area contributed by atoms with Crippen molar-refractivity contribution in [2.45, 2.75) is 90.6 Å². The van der Waals surface area contributed by atoms with Gasteiger partial charge in [-0.1, -0.05) is 44.2 Å². The smallest absolute Gasteiger partial charge is 0.408 e. The number of aliphatic carboxylic acids is 1. The Hall–Kier alpha value is -3.63. The number of amides is 4. The number of carbonyl (C=O) groups excluding carboxylic acids is 4. The van der Waals surface area contributed by atoms with E-state index in [1.54, 1.807) is 20.8 Å². The lowest BCUT2D eigenvalue weighted by atomic mass is 10.0. The minimum Gasteiger partial charge on any atom is -0.481 e. The van der Waals surface area contributed by atoms with Gasteiger partial charge >= 0.3 is 12.1 Å². The number of likely N-dealkylation sites (tertiary alicyclic amines) is 1. The molecule has 1 heterocycles. The van der Waals surface area contributed by atoms with Crippen LogP contribution in [0.15, 0.2) is 30.3 Å². The largest absolute Gasteiger partial charge is 0.481 e. The van der Waals surface area contributed by atoms with E-state index in [1.807, 2.05) is 51.1 Å². The van der Waals surface area contributed by atoms with Crippen molar-refractivity contribution in [2.75, 3.05) is 6.54 Å². The van der Waals surface area contributed by atoms with Crippen molar-refractivity contribution in [1.29, 1.82) is 0 Å². The second kappa shape index (κ2) is 13.3. The summed E-state index contributed by atoms with van der Waals surface area (Å²) in [4.78, 5) is 64.6. The number of ether oxygens (including phenoxy) is 1. The normalized spacial score (nSPS) is 17.8. The van der Waals surface area contributed by atoms with Crippen LogP contribution in [0, 0.1) is 5.92 Å². The second-order valence-electron chi connectivity index (χ2n) is 10.9. The molecule has 38 heavy (non-hydrogen) atoms. The predicted octanol–water partition coefficient (Wildman–Crippen LogP) is 2.36. The van der Waals surface area contributed by atoms with Gasteiger partial charge in [-0.25, -0.2) is 4.79 Å². The first kappa shape index (κ1) is 30.6. The Morgan fingerprint density at radius 2 is 1.66 bits per heavy atom. The fourth-order valence-corrected chi connectivity index (χ4v) is 4.24. The van der Waals surface area contributed by atoms with E-state index in [4.69, 9.17) is 4.74 Å². The average Bonchev–Trinajstić information content (AvgIpc) is 3.30. The molecule has 1 saturated heterocycles. The van der Waals surface area contributed by atoms with Crippen molar-refractivity contribution < 1.29 is 33.8 Å². The Balaban J connectivity index is 2.12. The van der Waals surface area contributed by atoms with E-state index in [-0.39, 0.29) is 24.4 Å². The van der Waals surface area contributed by atoms with Crippen LogP contribution in [0.1, 0.15) is 72.4 Å². The summed E-state index contributed by atoms with van der Waals surface area (Å²) in [6.45, 7) is 10.6. The Bertz CT molecular complexity index is 1010. The van der Waals surface area contributed by atoms with Crippen LogP contribution in [0.4, 0.5) is 4.79 Å². The molecule has 0 unspecified atom stereocenters. The molecule has 1 aliphatic rings. The molecule has 4 N–H and O–H groups in total. The zero-order valence-corrected chi connectivity index (χ0v) is 22.9. The van der Waals surface area contributed by atoms with Crippen LogP contribution < -0.4 is 16.0 Å². The minimum absolute atomic E-state index is 0.215. The van der Waals surface area contributed by atoms with Crippen LogP contribution in [-0.2, 0) is 23.9 Å². The molecule has 1 aromatic carbocycles. The Kier molecular flexibility index (Phi) is 10.7. The summed E-state index contributed by atoms with van der Waals surface area (Å²) < 4.78 is 5.17. The molecule has 0 radical (unpaired) electrons. The molecule has 4 amide bonds. The highest BCUT2D eigenvalue weighted by Crippen LogP contribution is 2.21. The first-order valence-electron chi connectivity index (χ1n) is 12.9. The number of hydrogen-bond donors (Lipinski definition) is 4. The number of nitrogens with zero attached hydrogens (tertiary/aromatic N) is 1. The zero-order valence-electron chi connectivity index (χ0n) is 22.9. The van der Waals surface area contributed by atoms with Crippen molar-refractivity contribution in [1.82, 2.24) is 20.9 Å². The SMILES string of the molecule is CC(C)[C@@H](NC(=O)[C@@H]1CCCN1C(=O)[C@H](CC(=O)O)NC(=O)OC(C)(C)C)C(=O)N[C@H](C)c1ccccc1. The predicted molar refractivity (Wildman–Crippen MR) is 140 cm³/mol. The molecule has 11 nitrogen and oxygen atoms in total. The molecule has 1 fully saturated rings. The van der Waals surface area contributed by atoms with Crippen molar-refractivity contribution in [2.24, 2.45) is 5.92 Å². The molecular formula is C27H40N4O7. The standard InChI is InChI=1S/C27H40N4O7/c1-16(2)22(24(35)28-17(3)18-11-8-7-9-12-18)30-23(34)20-13-10-14-31(20)25(36)19(15-21(32)33)29-26(37)38-27(4,5)6/h7-9,11-12,16-17,19-20,22H,10,13-15H2,1-6H3,(H,28,35)(H,29,37)(H,30,34)(H,32,33)/t17-,19+,20+,22-/m1/s1. The van der Waals surface area contributed by atoms with Crippen LogP contribution in [0.25, 0.3) is 0 Å². The summed E-state index contributed by atoms with van der Waals surface area (Å²) in [7, 11) is 0. The molecule has 1 aliphatic heterocycles. The third kappa shape index (κ3) is 9.04. The summed E-state index contributed by atoms with van der Waals surface area (Å²) in [6, 6.07) is 5.99. The highest BCUT2D eigenvalue weighted by atomic mass is 16.6. The van der Waals surface area contributed by atoms with E-state index in [2.05, 4.69) is 16.0 Å². The molecule has 0 aromatic heterocycles. The van der Waals surface area contributed by atoms with Crippen LogP contribution in [-0.4, -0.2) is 70.1 Å². The number of carboxylic acids is 1. The lowest BCUT2D eigenvalue weighted by molar-refractivity contribution is -0.145. The van der Waals surface area contributed by atoms with Gasteiger partial charge < -0.3 is 30.7 Å². The summed E-state index contributed by atoms with van der Waals surface area (Å²) in [6.07, 6.45) is -0.741. The molecule has 2 rings (SSSR count). The van der Waals surface area contributed by atoms with Gasteiger partial charge in [0.15, 0.2) is 0 Å². The van der Waals surface area contributed by atoms with E-state index in [0.717, 1.165) is 5.56 Å². The van der Waals surface area contributed by atoms with E-state index in [1.165, 1.54) is 4.90 Å². The maximum Gasteiger partial charge on any atom is 0.408 e.